The zero-order valence-electron chi connectivity index (χ0n) is 14.1. The number of benzene rings is 2. The Kier molecular flexibility index (Phi) is 5.57. The zero-order chi connectivity index (χ0) is 17.0. The molecular weight excluding hydrogens is 308 g/mol. The molecule has 0 fully saturated rings. The van der Waals surface area contributed by atoms with Crippen LogP contribution in [0.4, 0.5) is 0 Å². The highest BCUT2D eigenvalue weighted by Crippen LogP contribution is 2.21. The fraction of sp³-hybridized carbons (Fsp3) is 0.333. The van der Waals surface area contributed by atoms with Crippen LogP contribution in [0.1, 0.15) is 22.7 Å². The van der Waals surface area contributed by atoms with E-state index in [-0.39, 0.29) is 6.04 Å². The summed E-state index contributed by atoms with van der Waals surface area (Å²) in [7, 11) is 0.282. The summed E-state index contributed by atoms with van der Waals surface area (Å²) in [4.78, 5) is 2.32. The van der Waals surface area contributed by atoms with Crippen LogP contribution in [0, 0.1) is 13.8 Å². The van der Waals surface area contributed by atoms with Gasteiger partial charge in [-0.2, -0.15) is 0 Å². The van der Waals surface area contributed by atoms with Gasteiger partial charge in [-0.3, -0.25) is 0 Å². The van der Waals surface area contributed by atoms with Crippen LogP contribution in [0.3, 0.4) is 0 Å². The molecule has 0 aliphatic heterocycles. The average molecular weight is 332 g/mol. The first-order valence-corrected chi connectivity index (χ1v) is 9.07. The second-order valence-corrected chi connectivity index (χ2v) is 7.80. The van der Waals surface area contributed by atoms with E-state index in [9.17, 15) is 8.42 Å². The van der Waals surface area contributed by atoms with Crippen LogP contribution in [-0.2, 0) is 10.0 Å². The first kappa shape index (κ1) is 17.7. The predicted octanol–water partition coefficient (Wildman–Crippen LogP) is 2.88. The summed E-state index contributed by atoms with van der Waals surface area (Å²) in [6.45, 7) is 4.30. The van der Waals surface area contributed by atoms with Crippen LogP contribution in [0.5, 0.6) is 0 Å². The van der Waals surface area contributed by atoms with Crippen LogP contribution < -0.4 is 4.72 Å². The van der Waals surface area contributed by atoms with E-state index in [0.29, 0.717) is 11.4 Å². The Morgan fingerprint density at radius 1 is 1.04 bits per heavy atom. The molecule has 0 radical (unpaired) electrons. The Morgan fingerprint density at radius 3 is 2.30 bits per heavy atom. The average Bonchev–Trinajstić information content (AvgIpc) is 2.49. The topological polar surface area (TPSA) is 49.4 Å². The molecule has 0 heterocycles. The Hall–Kier alpha value is -1.69. The molecule has 124 valence electrons. The van der Waals surface area contributed by atoms with Gasteiger partial charge in [-0.1, -0.05) is 42.5 Å². The predicted molar refractivity (Wildman–Crippen MR) is 94.0 cm³/mol. The summed E-state index contributed by atoms with van der Waals surface area (Å²) >= 11 is 0. The summed E-state index contributed by atoms with van der Waals surface area (Å²) in [6, 6.07) is 14.8. The van der Waals surface area contributed by atoms with Gasteiger partial charge < -0.3 is 4.90 Å². The number of nitrogens with one attached hydrogen (secondary N) is 1. The highest BCUT2D eigenvalue weighted by molar-refractivity contribution is 7.89. The molecule has 0 saturated heterocycles. The number of rotatable bonds is 6. The van der Waals surface area contributed by atoms with Gasteiger partial charge in [0.1, 0.15) is 0 Å². The molecule has 5 heteroatoms. The van der Waals surface area contributed by atoms with Gasteiger partial charge in [0.05, 0.1) is 10.9 Å². The van der Waals surface area contributed by atoms with E-state index in [0.717, 1.165) is 16.7 Å². The van der Waals surface area contributed by atoms with Crippen LogP contribution in [0.15, 0.2) is 53.4 Å². The monoisotopic (exact) mass is 332 g/mol. The standard InChI is InChI=1S/C18H24N2O2S/c1-14-10-11-15(2)18(12-14)23(21,22)19-17(13-20(3)4)16-8-6-5-7-9-16/h5-12,17,19H,13H2,1-4H3. The van der Waals surface area contributed by atoms with E-state index in [4.69, 9.17) is 0 Å². The highest BCUT2D eigenvalue weighted by Gasteiger charge is 2.23. The number of likely N-dealkylation sites (N-methyl/N-ethyl adjacent to an activating group) is 1. The lowest BCUT2D eigenvalue weighted by Gasteiger charge is -2.23. The van der Waals surface area contributed by atoms with Crippen molar-refractivity contribution in [2.24, 2.45) is 0 Å². The Morgan fingerprint density at radius 2 is 1.70 bits per heavy atom. The summed E-state index contributed by atoms with van der Waals surface area (Å²) < 4.78 is 28.5. The maximum absolute atomic E-state index is 12.8. The highest BCUT2D eigenvalue weighted by atomic mass is 32.2. The van der Waals surface area contributed by atoms with Gasteiger partial charge in [0.25, 0.3) is 0 Å². The maximum atomic E-state index is 12.8. The van der Waals surface area contributed by atoms with Gasteiger partial charge in [0.15, 0.2) is 0 Å². The van der Waals surface area contributed by atoms with E-state index in [1.54, 1.807) is 6.07 Å². The van der Waals surface area contributed by atoms with Crippen molar-refractivity contribution >= 4 is 10.0 Å². The quantitative estimate of drug-likeness (QED) is 0.885. The molecule has 2 rings (SSSR count). The maximum Gasteiger partial charge on any atom is 0.241 e. The van der Waals surface area contributed by atoms with Crippen LogP contribution in [0.2, 0.25) is 0 Å². The van der Waals surface area contributed by atoms with E-state index in [1.807, 2.05) is 75.3 Å². The van der Waals surface area contributed by atoms with Gasteiger partial charge in [-0.05, 0) is 50.7 Å². The number of nitrogens with zero attached hydrogens (tertiary/aromatic N) is 1. The van der Waals surface area contributed by atoms with Gasteiger partial charge in [0.2, 0.25) is 10.0 Å². The number of hydrogen-bond donors (Lipinski definition) is 1. The van der Waals surface area contributed by atoms with Gasteiger partial charge in [-0.25, -0.2) is 13.1 Å². The fourth-order valence-electron chi connectivity index (χ4n) is 2.51. The molecule has 23 heavy (non-hydrogen) atoms. The minimum atomic E-state index is -3.58. The second kappa shape index (κ2) is 7.25. The van der Waals surface area contributed by atoms with Crippen LogP contribution in [-0.4, -0.2) is 34.0 Å². The van der Waals surface area contributed by atoms with Crippen molar-refractivity contribution < 1.29 is 8.42 Å². The summed E-state index contributed by atoms with van der Waals surface area (Å²) in [5.74, 6) is 0. The molecule has 0 saturated carbocycles. The largest absolute Gasteiger partial charge is 0.307 e. The van der Waals surface area contributed by atoms with E-state index in [2.05, 4.69) is 4.72 Å². The second-order valence-electron chi connectivity index (χ2n) is 6.12. The molecule has 0 bridgehead atoms. The summed E-state index contributed by atoms with van der Waals surface area (Å²) in [6.07, 6.45) is 0. The zero-order valence-corrected chi connectivity index (χ0v) is 14.9. The molecule has 0 spiro atoms. The normalized spacial score (nSPS) is 13.3. The summed E-state index contributed by atoms with van der Waals surface area (Å²) in [5.41, 5.74) is 2.63. The smallest absolute Gasteiger partial charge is 0.241 e. The SMILES string of the molecule is Cc1ccc(C)c(S(=O)(=O)NC(CN(C)C)c2ccccc2)c1. The number of aryl methyl sites for hydroxylation is 2. The third kappa shape index (κ3) is 4.64. The van der Waals surface area contributed by atoms with Crippen LogP contribution in [0.25, 0.3) is 0 Å². The first-order valence-electron chi connectivity index (χ1n) is 7.59. The lowest BCUT2D eigenvalue weighted by atomic mass is 10.1. The molecule has 0 aliphatic carbocycles. The Balaban J connectivity index is 2.36. The minimum absolute atomic E-state index is 0.295. The molecule has 0 aliphatic rings. The number of hydrogen-bond acceptors (Lipinski definition) is 3. The van der Waals surface area contributed by atoms with Crippen molar-refractivity contribution in [1.82, 2.24) is 9.62 Å². The van der Waals surface area contributed by atoms with Crippen molar-refractivity contribution in [2.75, 3.05) is 20.6 Å². The lowest BCUT2D eigenvalue weighted by Crippen LogP contribution is -2.35. The molecule has 1 N–H and O–H groups in total. The third-order valence-corrected chi connectivity index (χ3v) is 5.29. The van der Waals surface area contributed by atoms with E-state index < -0.39 is 10.0 Å². The molecule has 4 nitrogen and oxygen atoms in total. The Bertz CT molecular complexity index is 756. The molecule has 0 aromatic heterocycles. The van der Waals surface area contributed by atoms with Crippen LogP contribution >= 0.6 is 0 Å². The Labute approximate surface area is 139 Å². The molecule has 1 atom stereocenters. The van der Waals surface area contributed by atoms with Crippen molar-refractivity contribution in [3.8, 4) is 0 Å². The minimum Gasteiger partial charge on any atom is -0.307 e. The number of sulfonamides is 1. The first-order chi connectivity index (χ1) is 10.8. The van der Waals surface area contributed by atoms with Gasteiger partial charge in [-0.15, -0.1) is 0 Å². The lowest BCUT2D eigenvalue weighted by molar-refractivity contribution is 0.363. The molecule has 2 aromatic rings. The fourth-order valence-corrected chi connectivity index (χ4v) is 4.05. The molecular formula is C18H24N2O2S. The van der Waals surface area contributed by atoms with Crippen molar-refractivity contribution in [3.05, 3.63) is 65.2 Å². The molecule has 0 amide bonds. The van der Waals surface area contributed by atoms with E-state index >= 15 is 0 Å². The molecule has 2 aromatic carbocycles. The summed E-state index contributed by atoms with van der Waals surface area (Å²) in [5, 5.41) is 0. The van der Waals surface area contributed by atoms with E-state index in [1.165, 1.54) is 0 Å². The van der Waals surface area contributed by atoms with Crippen molar-refractivity contribution in [3.63, 3.8) is 0 Å². The molecule has 1 unspecified atom stereocenters. The van der Waals surface area contributed by atoms with Gasteiger partial charge >= 0.3 is 0 Å². The van der Waals surface area contributed by atoms with Crippen molar-refractivity contribution in [1.29, 1.82) is 0 Å². The van der Waals surface area contributed by atoms with Gasteiger partial charge in [0, 0.05) is 6.54 Å². The van der Waals surface area contributed by atoms with Crippen molar-refractivity contribution in [2.45, 2.75) is 24.8 Å². The third-order valence-electron chi connectivity index (χ3n) is 3.68.